The number of fused-ring (bicyclic) bond motifs is 2. The Kier molecular flexibility index (Phi) is 5.48. The van der Waals surface area contributed by atoms with E-state index in [1.165, 1.54) is 6.07 Å². The van der Waals surface area contributed by atoms with Gasteiger partial charge in [0.15, 0.2) is 0 Å². The van der Waals surface area contributed by atoms with Crippen molar-refractivity contribution in [1.29, 1.82) is 0 Å². The van der Waals surface area contributed by atoms with Crippen LogP contribution in [-0.2, 0) is 4.79 Å². The molecule has 3 heterocycles. The molecule has 3 aromatic carbocycles. The van der Waals surface area contributed by atoms with Crippen molar-refractivity contribution in [1.82, 2.24) is 14.8 Å². The van der Waals surface area contributed by atoms with E-state index in [1.807, 2.05) is 72.6 Å². The molecule has 4 aromatic rings. The van der Waals surface area contributed by atoms with Gasteiger partial charge in [0, 0.05) is 54.4 Å². The van der Waals surface area contributed by atoms with Gasteiger partial charge in [-0.05, 0) is 36.8 Å². The highest BCUT2D eigenvalue weighted by Crippen LogP contribution is 2.42. The maximum atomic E-state index is 14.3. The third-order valence-corrected chi connectivity index (χ3v) is 7.47. The van der Waals surface area contributed by atoms with Gasteiger partial charge in [0.25, 0.3) is 5.91 Å². The Bertz CT molecular complexity index is 1460. The van der Waals surface area contributed by atoms with Crippen molar-refractivity contribution < 1.29 is 14.0 Å². The fraction of sp³-hybridized carbons (Fsp3) is 0.241. The zero-order chi connectivity index (χ0) is 24.8. The molecule has 6 rings (SSSR count). The number of carbonyl (C=O) groups is 2. The summed E-state index contributed by atoms with van der Waals surface area (Å²) in [7, 11) is 0. The first-order valence-electron chi connectivity index (χ1n) is 12.3. The minimum atomic E-state index is -0.649. The average molecular weight is 483 g/mol. The van der Waals surface area contributed by atoms with Crippen molar-refractivity contribution in [3.05, 3.63) is 102 Å². The molecule has 2 unspecified atom stereocenters. The molecule has 0 saturated carbocycles. The highest BCUT2D eigenvalue weighted by molar-refractivity contribution is 6.03. The molecule has 2 amide bonds. The molecule has 36 heavy (non-hydrogen) atoms. The van der Waals surface area contributed by atoms with Crippen LogP contribution in [0, 0.1) is 5.82 Å². The molecular weight excluding hydrogens is 455 g/mol. The summed E-state index contributed by atoms with van der Waals surface area (Å²) in [4.78, 5) is 36.1. The predicted octanol–water partition coefficient (Wildman–Crippen LogP) is 4.59. The second-order valence-corrected chi connectivity index (χ2v) is 9.43. The lowest BCUT2D eigenvalue weighted by molar-refractivity contribution is -0.136. The number of H-pyrrole nitrogens is 1. The summed E-state index contributed by atoms with van der Waals surface area (Å²) in [6.07, 6.45) is 1.95. The van der Waals surface area contributed by atoms with Gasteiger partial charge in [0.1, 0.15) is 11.9 Å². The number of aromatic amines is 1. The molecule has 2 atom stereocenters. The van der Waals surface area contributed by atoms with Crippen LogP contribution >= 0.6 is 0 Å². The molecule has 0 spiro atoms. The Hall–Kier alpha value is -4.13. The lowest BCUT2D eigenvalue weighted by Crippen LogP contribution is -2.55. The first kappa shape index (κ1) is 22.3. The van der Waals surface area contributed by atoms with Gasteiger partial charge >= 0.3 is 0 Å². The number of nitrogens with one attached hydrogen (secondary N) is 1. The van der Waals surface area contributed by atoms with E-state index in [0.717, 1.165) is 22.0 Å². The zero-order valence-corrected chi connectivity index (χ0v) is 20.0. The second-order valence-electron chi connectivity index (χ2n) is 9.43. The van der Waals surface area contributed by atoms with Crippen molar-refractivity contribution in [3.63, 3.8) is 0 Å². The maximum Gasteiger partial charge on any atom is 0.255 e. The Morgan fingerprint density at radius 1 is 0.917 bits per heavy atom. The van der Waals surface area contributed by atoms with Crippen LogP contribution < -0.4 is 4.90 Å². The molecule has 6 nitrogen and oxygen atoms in total. The summed E-state index contributed by atoms with van der Waals surface area (Å²) in [5.41, 5.74) is 4.08. The SMILES string of the molecule is CC(C(=O)N1CCN(c2ccccc2F)CC1)N1C(=O)c2ccccc2C1c1c[nH]c2ccccc12. The number of hydrogen-bond acceptors (Lipinski definition) is 3. The lowest BCUT2D eigenvalue weighted by Gasteiger charge is -2.39. The quantitative estimate of drug-likeness (QED) is 0.463. The number of para-hydroxylation sites is 2. The van der Waals surface area contributed by atoms with E-state index in [0.29, 0.717) is 37.4 Å². The Morgan fingerprint density at radius 2 is 1.61 bits per heavy atom. The van der Waals surface area contributed by atoms with Crippen LogP contribution in [0.15, 0.2) is 79.0 Å². The monoisotopic (exact) mass is 482 g/mol. The molecule has 2 aliphatic rings. The smallest absolute Gasteiger partial charge is 0.255 e. The second kappa shape index (κ2) is 8.82. The fourth-order valence-corrected chi connectivity index (χ4v) is 5.63. The van der Waals surface area contributed by atoms with E-state index in [2.05, 4.69) is 4.98 Å². The molecular formula is C29H27FN4O2. The number of benzene rings is 3. The van der Waals surface area contributed by atoms with Crippen LogP contribution in [0.5, 0.6) is 0 Å². The number of piperazine rings is 1. The van der Waals surface area contributed by atoms with Crippen molar-refractivity contribution in [2.45, 2.75) is 19.0 Å². The minimum Gasteiger partial charge on any atom is -0.366 e. The number of aromatic nitrogens is 1. The predicted molar refractivity (Wildman–Crippen MR) is 137 cm³/mol. The van der Waals surface area contributed by atoms with Gasteiger partial charge in [-0.3, -0.25) is 9.59 Å². The molecule has 182 valence electrons. The van der Waals surface area contributed by atoms with Crippen molar-refractivity contribution in [3.8, 4) is 0 Å². The Morgan fingerprint density at radius 3 is 2.42 bits per heavy atom. The first-order chi connectivity index (χ1) is 17.5. The normalized spacial score (nSPS) is 18.6. The number of hydrogen-bond donors (Lipinski definition) is 1. The zero-order valence-electron chi connectivity index (χ0n) is 20.0. The fourth-order valence-electron chi connectivity index (χ4n) is 5.63. The van der Waals surface area contributed by atoms with E-state index >= 15 is 0 Å². The van der Waals surface area contributed by atoms with Crippen LogP contribution in [0.1, 0.15) is 34.5 Å². The number of amides is 2. The number of halogens is 1. The van der Waals surface area contributed by atoms with Gasteiger partial charge in [0.2, 0.25) is 5.91 Å². The molecule has 1 N–H and O–H groups in total. The van der Waals surface area contributed by atoms with E-state index in [9.17, 15) is 14.0 Å². The topological polar surface area (TPSA) is 59.7 Å². The molecule has 2 aliphatic heterocycles. The van der Waals surface area contributed by atoms with Gasteiger partial charge in [-0.2, -0.15) is 0 Å². The Balaban J connectivity index is 1.28. The highest BCUT2D eigenvalue weighted by Gasteiger charge is 2.44. The van der Waals surface area contributed by atoms with Gasteiger partial charge < -0.3 is 19.7 Å². The molecule has 0 aliphatic carbocycles. The number of carbonyl (C=O) groups excluding carboxylic acids is 2. The standard InChI is InChI=1S/C29H27FN4O2/c1-19(28(35)33-16-14-32(15-17-33)26-13-7-5-11-24(26)30)34-27(21-9-2-3-10-22(21)29(34)36)23-18-31-25-12-6-4-8-20(23)25/h2-13,18-19,27,31H,14-17H2,1H3. The van der Waals surface area contributed by atoms with Crippen molar-refractivity contribution in [2.75, 3.05) is 31.1 Å². The van der Waals surface area contributed by atoms with Crippen LogP contribution in [0.25, 0.3) is 10.9 Å². The van der Waals surface area contributed by atoms with E-state index in [-0.39, 0.29) is 23.7 Å². The van der Waals surface area contributed by atoms with Crippen LogP contribution in [0.2, 0.25) is 0 Å². The molecule has 1 saturated heterocycles. The third kappa shape index (κ3) is 3.54. The highest BCUT2D eigenvalue weighted by atomic mass is 19.1. The molecule has 7 heteroatoms. The molecule has 0 bridgehead atoms. The largest absolute Gasteiger partial charge is 0.366 e. The average Bonchev–Trinajstić information content (AvgIpc) is 3.47. The summed E-state index contributed by atoms with van der Waals surface area (Å²) in [5, 5.41) is 1.04. The molecule has 1 aromatic heterocycles. The summed E-state index contributed by atoms with van der Waals surface area (Å²) >= 11 is 0. The number of nitrogens with zero attached hydrogens (tertiary/aromatic N) is 3. The number of rotatable bonds is 4. The maximum absolute atomic E-state index is 14.3. The molecule has 0 radical (unpaired) electrons. The first-order valence-corrected chi connectivity index (χ1v) is 12.3. The van der Waals surface area contributed by atoms with Crippen LogP contribution in [0.4, 0.5) is 10.1 Å². The summed E-state index contributed by atoms with van der Waals surface area (Å²) in [6, 6.07) is 21.3. The summed E-state index contributed by atoms with van der Waals surface area (Å²) < 4.78 is 14.3. The summed E-state index contributed by atoms with van der Waals surface area (Å²) in [6.45, 7) is 3.85. The van der Waals surface area contributed by atoms with E-state index in [4.69, 9.17) is 0 Å². The van der Waals surface area contributed by atoms with Crippen LogP contribution in [-0.4, -0.2) is 58.8 Å². The van der Waals surface area contributed by atoms with E-state index < -0.39 is 6.04 Å². The Labute approximate surface area is 208 Å². The minimum absolute atomic E-state index is 0.0887. The van der Waals surface area contributed by atoms with Crippen LogP contribution in [0.3, 0.4) is 0 Å². The van der Waals surface area contributed by atoms with Gasteiger partial charge in [0.05, 0.1) is 11.7 Å². The summed E-state index contributed by atoms with van der Waals surface area (Å²) in [5.74, 6) is -0.478. The lowest BCUT2D eigenvalue weighted by atomic mass is 9.97. The van der Waals surface area contributed by atoms with Crippen molar-refractivity contribution in [2.24, 2.45) is 0 Å². The van der Waals surface area contributed by atoms with Gasteiger partial charge in [-0.15, -0.1) is 0 Å². The van der Waals surface area contributed by atoms with Gasteiger partial charge in [-0.25, -0.2) is 4.39 Å². The number of anilines is 1. The van der Waals surface area contributed by atoms with Gasteiger partial charge in [-0.1, -0.05) is 48.5 Å². The van der Waals surface area contributed by atoms with Crippen molar-refractivity contribution >= 4 is 28.4 Å². The molecule has 1 fully saturated rings. The van der Waals surface area contributed by atoms with E-state index in [1.54, 1.807) is 21.9 Å². The third-order valence-electron chi connectivity index (χ3n) is 7.47.